The first-order chi connectivity index (χ1) is 13.1. The van der Waals surface area contributed by atoms with Crippen LogP contribution in [0.1, 0.15) is 14.5 Å². The molecular weight excluding hydrogens is 384 g/mol. The average molecular weight is 400 g/mol. The van der Waals surface area contributed by atoms with E-state index in [2.05, 4.69) is 10.6 Å². The third kappa shape index (κ3) is 5.25. The molecule has 0 atom stereocenters. The lowest BCUT2D eigenvalue weighted by Gasteiger charge is -2.07. The van der Waals surface area contributed by atoms with Gasteiger partial charge in [0, 0.05) is 10.4 Å². The Labute approximate surface area is 163 Å². The number of carbonyl (C=O) groups excluding carboxylic acids is 3. The number of esters is 1. The third-order valence-corrected chi connectivity index (χ3v) is 5.30. The van der Waals surface area contributed by atoms with E-state index < -0.39 is 24.5 Å². The quantitative estimate of drug-likeness (QED) is 0.619. The summed E-state index contributed by atoms with van der Waals surface area (Å²) >= 11 is 2.74. The van der Waals surface area contributed by atoms with Crippen LogP contribution in [0.5, 0.6) is 0 Å². The van der Waals surface area contributed by atoms with E-state index in [4.69, 9.17) is 4.74 Å². The second-order valence-corrected chi connectivity index (χ2v) is 7.36. The molecule has 3 rings (SSSR count). The fourth-order valence-electron chi connectivity index (χ4n) is 2.30. The number of hydrogen-bond donors (Lipinski definition) is 2. The molecule has 0 fully saturated rings. The summed E-state index contributed by atoms with van der Waals surface area (Å²) in [7, 11) is 0. The topological polar surface area (TPSA) is 84.5 Å². The van der Waals surface area contributed by atoms with E-state index in [1.54, 1.807) is 5.38 Å². The van der Waals surface area contributed by atoms with Crippen molar-refractivity contribution in [1.82, 2.24) is 10.6 Å². The van der Waals surface area contributed by atoms with Crippen molar-refractivity contribution in [2.75, 3.05) is 6.61 Å². The molecule has 2 N–H and O–H groups in total. The minimum absolute atomic E-state index is 0.326. The molecule has 1 aromatic carbocycles. The Hall–Kier alpha value is -2.97. The number of amides is 3. The minimum atomic E-state index is -0.690. The first kappa shape index (κ1) is 18.8. The van der Waals surface area contributed by atoms with Gasteiger partial charge in [-0.1, -0.05) is 36.4 Å². The number of urea groups is 1. The molecule has 8 heteroatoms. The number of ether oxygens (including phenoxy) is 1. The third-order valence-electron chi connectivity index (χ3n) is 3.53. The Morgan fingerprint density at radius 2 is 1.74 bits per heavy atom. The van der Waals surface area contributed by atoms with Gasteiger partial charge in [-0.25, -0.2) is 9.59 Å². The molecule has 0 spiro atoms. The zero-order valence-corrected chi connectivity index (χ0v) is 15.8. The van der Waals surface area contributed by atoms with E-state index in [1.165, 1.54) is 22.7 Å². The van der Waals surface area contributed by atoms with Crippen LogP contribution in [-0.4, -0.2) is 24.5 Å². The summed E-state index contributed by atoms with van der Waals surface area (Å²) in [6.07, 6.45) is 0. The lowest BCUT2D eigenvalue weighted by Crippen LogP contribution is -2.41. The van der Waals surface area contributed by atoms with Gasteiger partial charge in [0.25, 0.3) is 5.91 Å². The van der Waals surface area contributed by atoms with Crippen LogP contribution in [0.15, 0.2) is 59.3 Å². The summed E-state index contributed by atoms with van der Waals surface area (Å²) in [6.45, 7) is -0.205. The number of imide groups is 1. The van der Waals surface area contributed by atoms with Crippen LogP contribution in [-0.2, 0) is 16.1 Å². The molecular formula is C19H16N2O4S2. The maximum atomic E-state index is 12.3. The maximum Gasteiger partial charge on any atom is 0.349 e. The fraction of sp³-hybridized carbons (Fsp3) is 0.105. The van der Waals surface area contributed by atoms with E-state index in [1.807, 2.05) is 53.9 Å². The van der Waals surface area contributed by atoms with Gasteiger partial charge in [0.05, 0.1) is 6.54 Å². The molecule has 0 aliphatic heterocycles. The van der Waals surface area contributed by atoms with Crippen LogP contribution in [0, 0.1) is 0 Å². The smallest absolute Gasteiger partial charge is 0.349 e. The molecule has 138 valence electrons. The molecule has 0 bridgehead atoms. The lowest BCUT2D eigenvalue weighted by atomic mass is 10.1. The molecule has 2 aromatic heterocycles. The van der Waals surface area contributed by atoms with Crippen molar-refractivity contribution in [3.63, 3.8) is 0 Å². The van der Waals surface area contributed by atoms with Crippen molar-refractivity contribution in [3.05, 3.63) is 69.0 Å². The van der Waals surface area contributed by atoms with Gasteiger partial charge in [0.1, 0.15) is 4.88 Å². The molecule has 27 heavy (non-hydrogen) atoms. The predicted octanol–water partition coefficient (Wildman–Crippen LogP) is 3.66. The molecule has 0 radical (unpaired) electrons. The standard InChI is InChI=1S/C19H16N2O4S2/c22-16(21-19(24)20-11-14-7-4-9-26-14)12-25-18(23)17-15(8-10-27-17)13-5-2-1-3-6-13/h1-10H,11-12H2,(H2,20,21,22,24). The predicted molar refractivity (Wildman–Crippen MR) is 105 cm³/mol. The Balaban J connectivity index is 1.48. The second kappa shape index (κ2) is 9.11. The van der Waals surface area contributed by atoms with Gasteiger partial charge in [0.15, 0.2) is 6.61 Å². The largest absolute Gasteiger partial charge is 0.451 e. The summed E-state index contributed by atoms with van der Waals surface area (Å²) in [5, 5.41) is 8.38. The molecule has 0 saturated heterocycles. The normalized spacial score (nSPS) is 10.2. The molecule has 0 saturated carbocycles. The average Bonchev–Trinajstić information content (AvgIpc) is 3.37. The van der Waals surface area contributed by atoms with E-state index in [9.17, 15) is 14.4 Å². The minimum Gasteiger partial charge on any atom is -0.451 e. The van der Waals surface area contributed by atoms with Crippen molar-refractivity contribution in [2.45, 2.75) is 6.54 Å². The van der Waals surface area contributed by atoms with Gasteiger partial charge in [-0.2, -0.15) is 0 Å². The van der Waals surface area contributed by atoms with Crippen molar-refractivity contribution in [3.8, 4) is 11.1 Å². The van der Waals surface area contributed by atoms with Gasteiger partial charge in [0.2, 0.25) is 0 Å². The van der Waals surface area contributed by atoms with Crippen LogP contribution >= 0.6 is 22.7 Å². The highest BCUT2D eigenvalue weighted by Crippen LogP contribution is 2.28. The van der Waals surface area contributed by atoms with Gasteiger partial charge >= 0.3 is 12.0 Å². The van der Waals surface area contributed by atoms with Crippen LogP contribution in [0.25, 0.3) is 11.1 Å². The van der Waals surface area contributed by atoms with Gasteiger partial charge in [-0.3, -0.25) is 10.1 Å². The number of carbonyl (C=O) groups is 3. The molecule has 6 nitrogen and oxygen atoms in total. The monoisotopic (exact) mass is 400 g/mol. The van der Waals surface area contributed by atoms with Crippen LogP contribution in [0.2, 0.25) is 0 Å². The zero-order chi connectivity index (χ0) is 19.1. The van der Waals surface area contributed by atoms with E-state index in [0.717, 1.165) is 16.0 Å². The van der Waals surface area contributed by atoms with E-state index in [-0.39, 0.29) is 0 Å². The fourth-order valence-corrected chi connectivity index (χ4v) is 3.75. The van der Waals surface area contributed by atoms with Crippen LogP contribution < -0.4 is 10.6 Å². The number of hydrogen-bond acceptors (Lipinski definition) is 6. The summed E-state index contributed by atoms with van der Waals surface area (Å²) in [5.74, 6) is -1.29. The SMILES string of the molecule is O=C(COC(=O)c1sccc1-c1ccccc1)NC(=O)NCc1cccs1. The van der Waals surface area contributed by atoms with Crippen molar-refractivity contribution < 1.29 is 19.1 Å². The summed E-state index contributed by atoms with van der Waals surface area (Å²) in [4.78, 5) is 37.1. The number of benzene rings is 1. The molecule has 3 aromatic rings. The zero-order valence-electron chi connectivity index (χ0n) is 14.1. The Kier molecular flexibility index (Phi) is 6.35. The molecule has 0 unspecified atom stereocenters. The second-order valence-electron chi connectivity index (χ2n) is 5.42. The molecule has 2 heterocycles. The maximum absolute atomic E-state index is 12.3. The van der Waals surface area contributed by atoms with Crippen LogP contribution in [0.4, 0.5) is 4.79 Å². The lowest BCUT2D eigenvalue weighted by molar-refractivity contribution is -0.123. The molecule has 0 aliphatic carbocycles. The van der Waals surface area contributed by atoms with E-state index in [0.29, 0.717) is 11.4 Å². The van der Waals surface area contributed by atoms with Crippen molar-refractivity contribution >= 4 is 40.6 Å². The first-order valence-corrected chi connectivity index (χ1v) is 9.79. The Morgan fingerprint density at radius 1 is 0.926 bits per heavy atom. The number of nitrogens with one attached hydrogen (secondary N) is 2. The van der Waals surface area contributed by atoms with Crippen LogP contribution in [0.3, 0.4) is 0 Å². The van der Waals surface area contributed by atoms with Crippen molar-refractivity contribution in [1.29, 1.82) is 0 Å². The summed E-state index contributed by atoms with van der Waals surface area (Å²) < 4.78 is 5.04. The van der Waals surface area contributed by atoms with Gasteiger partial charge in [-0.15, -0.1) is 22.7 Å². The molecule has 3 amide bonds. The highest BCUT2D eigenvalue weighted by Gasteiger charge is 2.18. The van der Waals surface area contributed by atoms with Gasteiger partial charge < -0.3 is 10.1 Å². The summed E-state index contributed by atoms with van der Waals surface area (Å²) in [5.41, 5.74) is 1.64. The first-order valence-electron chi connectivity index (χ1n) is 8.03. The number of rotatable bonds is 6. The Morgan fingerprint density at radius 3 is 2.48 bits per heavy atom. The van der Waals surface area contributed by atoms with Gasteiger partial charge in [-0.05, 0) is 28.5 Å². The van der Waals surface area contributed by atoms with E-state index >= 15 is 0 Å². The Bertz CT molecular complexity index is 920. The summed E-state index contributed by atoms with van der Waals surface area (Å²) in [6, 6.07) is 14.4. The highest BCUT2D eigenvalue weighted by molar-refractivity contribution is 7.12. The molecule has 0 aliphatic rings. The highest BCUT2D eigenvalue weighted by atomic mass is 32.1. The number of thiophene rings is 2. The van der Waals surface area contributed by atoms with Crippen molar-refractivity contribution in [2.24, 2.45) is 0 Å².